The van der Waals surface area contributed by atoms with Gasteiger partial charge in [-0.1, -0.05) is 30.3 Å². The number of morpholine rings is 1. The summed E-state index contributed by atoms with van der Waals surface area (Å²) in [5, 5.41) is 11.5. The van der Waals surface area contributed by atoms with Crippen molar-refractivity contribution in [2.75, 3.05) is 52.5 Å². The van der Waals surface area contributed by atoms with Crippen molar-refractivity contribution in [3.63, 3.8) is 0 Å². The van der Waals surface area contributed by atoms with Gasteiger partial charge in [0, 0.05) is 37.6 Å². The molecular weight excluding hydrogens is 476 g/mol. The second-order valence-electron chi connectivity index (χ2n) is 9.75. The molecule has 1 atom stereocenters. The van der Waals surface area contributed by atoms with E-state index in [4.69, 9.17) is 14.5 Å². The molecule has 5 rings (SSSR count). The molecule has 2 aliphatic rings. The molecule has 1 aliphatic heterocycles. The van der Waals surface area contributed by atoms with E-state index in [2.05, 4.69) is 14.8 Å². The predicted octanol–water partition coefficient (Wildman–Crippen LogP) is 2.58. The standard InChI is InChI=1S/C27H36N4O4S/c32-21(19-35-18-20-6-2-1-3-7-20)16-31(11-10-30-12-14-34-15-13-30)17-24-28-26(33)25-22-8-4-5-9-23(22)36-27(25)29-24/h1-3,6-7,21,32H,4-5,8-19H2,(H,28,29,33). The Kier molecular flexibility index (Phi) is 8.79. The maximum absolute atomic E-state index is 13.0. The minimum absolute atomic E-state index is 0.0331. The number of nitrogens with one attached hydrogen (secondary N) is 1. The number of aliphatic hydroxyl groups excluding tert-OH is 1. The molecule has 1 fully saturated rings. The molecule has 0 radical (unpaired) electrons. The largest absolute Gasteiger partial charge is 0.389 e. The third kappa shape index (κ3) is 6.59. The lowest BCUT2D eigenvalue weighted by atomic mass is 9.97. The van der Waals surface area contributed by atoms with Crippen molar-refractivity contribution in [1.29, 1.82) is 0 Å². The fourth-order valence-electron chi connectivity index (χ4n) is 5.08. The molecule has 1 aromatic carbocycles. The first-order valence-corrected chi connectivity index (χ1v) is 13.8. The van der Waals surface area contributed by atoms with Crippen molar-refractivity contribution in [2.45, 2.75) is 44.9 Å². The smallest absolute Gasteiger partial charge is 0.259 e. The Balaban J connectivity index is 1.25. The first-order chi connectivity index (χ1) is 17.7. The van der Waals surface area contributed by atoms with Crippen LogP contribution in [0.1, 0.15) is 34.7 Å². The molecule has 0 saturated carbocycles. The van der Waals surface area contributed by atoms with Gasteiger partial charge >= 0.3 is 0 Å². The summed E-state index contributed by atoms with van der Waals surface area (Å²) in [6.07, 6.45) is 3.71. The van der Waals surface area contributed by atoms with Crippen molar-refractivity contribution in [1.82, 2.24) is 19.8 Å². The second kappa shape index (κ2) is 12.4. The molecule has 194 valence electrons. The van der Waals surface area contributed by atoms with Gasteiger partial charge in [0.2, 0.25) is 0 Å². The van der Waals surface area contributed by atoms with Crippen LogP contribution in [0, 0.1) is 0 Å². The third-order valence-electron chi connectivity index (χ3n) is 6.97. The Morgan fingerprint density at radius 1 is 1.19 bits per heavy atom. The van der Waals surface area contributed by atoms with E-state index >= 15 is 0 Å². The normalized spacial score (nSPS) is 17.5. The number of ether oxygens (including phenoxy) is 2. The van der Waals surface area contributed by atoms with E-state index in [1.165, 1.54) is 16.9 Å². The molecule has 2 aromatic heterocycles. The monoisotopic (exact) mass is 512 g/mol. The highest BCUT2D eigenvalue weighted by molar-refractivity contribution is 7.18. The molecule has 0 amide bonds. The summed E-state index contributed by atoms with van der Waals surface area (Å²) in [4.78, 5) is 27.6. The molecule has 0 bridgehead atoms. The van der Waals surface area contributed by atoms with Gasteiger partial charge in [-0.05, 0) is 36.8 Å². The van der Waals surface area contributed by atoms with Crippen molar-refractivity contribution >= 4 is 21.6 Å². The van der Waals surface area contributed by atoms with Crippen LogP contribution < -0.4 is 5.56 Å². The maximum atomic E-state index is 13.0. The summed E-state index contributed by atoms with van der Waals surface area (Å²) in [5.41, 5.74) is 2.26. The number of fused-ring (bicyclic) bond motifs is 3. The highest BCUT2D eigenvalue weighted by atomic mass is 32.1. The Morgan fingerprint density at radius 2 is 2.00 bits per heavy atom. The molecule has 3 aromatic rings. The topological polar surface area (TPSA) is 90.9 Å². The van der Waals surface area contributed by atoms with Crippen LogP contribution in [-0.4, -0.2) is 83.5 Å². The molecule has 8 nitrogen and oxygen atoms in total. The Hall–Kier alpha value is -2.14. The number of H-pyrrole nitrogens is 1. The van der Waals surface area contributed by atoms with Gasteiger partial charge in [0.15, 0.2) is 0 Å². The van der Waals surface area contributed by atoms with Gasteiger partial charge in [0.25, 0.3) is 5.56 Å². The third-order valence-corrected chi connectivity index (χ3v) is 8.16. The number of thiophene rings is 1. The van der Waals surface area contributed by atoms with Crippen molar-refractivity contribution in [3.05, 3.63) is 62.5 Å². The number of nitrogens with zero attached hydrogens (tertiary/aromatic N) is 3. The number of benzene rings is 1. The summed E-state index contributed by atoms with van der Waals surface area (Å²) in [7, 11) is 0. The van der Waals surface area contributed by atoms with E-state index in [1.54, 1.807) is 11.3 Å². The molecule has 1 aliphatic carbocycles. The molecule has 1 unspecified atom stereocenters. The van der Waals surface area contributed by atoms with Gasteiger partial charge < -0.3 is 19.6 Å². The number of rotatable bonds is 11. The molecule has 0 spiro atoms. The van der Waals surface area contributed by atoms with Gasteiger partial charge in [-0.25, -0.2) is 4.98 Å². The van der Waals surface area contributed by atoms with E-state index in [-0.39, 0.29) is 12.2 Å². The lowest BCUT2D eigenvalue weighted by molar-refractivity contribution is 0.00170. The van der Waals surface area contributed by atoms with Crippen LogP contribution in [-0.2, 0) is 35.5 Å². The highest BCUT2D eigenvalue weighted by Crippen LogP contribution is 2.33. The Morgan fingerprint density at radius 3 is 2.83 bits per heavy atom. The van der Waals surface area contributed by atoms with Crippen LogP contribution in [0.2, 0.25) is 0 Å². The van der Waals surface area contributed by atoms with Crippen molar-refractivity contribution in [2.24, 2.45) is 0 Å². The number of aryl methyl sites for hydroxylation is 2. The second-order valence-corrected chi connectivity index (χ2v) is 10.8. The van der Waals surface area contributed by atoms with Gasteiger partial charge in [-0.15, -0.1) is 11.3 Å². The molecule has 3 heterocycles. The van der Waals surface area contributed by atoms with Crippen LogP contribution in [0.3, 0.4) is 0 Å². The highest BCUT2D eigenvalue weighted by Gasteiger charge is 2.21. The molecule has 36 heavy (non-hydrogen) atoms. The Labute approximate surface area is 215 Å². The van der Waals surface area contributed by atoms with Crippen LogP contribution >= 0.6 is 11.3 Å². The first kappa shape index (κ1) is 25.5. The summed E-state index contributed by atoms with van der Waals surface area (Å²) in [5.74, 6) is 0.658. The Bertz CT molecular complexity index is 1180. The summed E-state index contributed by atoms with van der Waals surface area (Å²) < 4.78 is 11.3. The molecular formula is C27H36N4O4S. The van der Waals surface area contributed by atoms with Crippen LogP contribution in [0.5, 0.6) is 0 Å². The summed E-state index contributed by atoms with van der Waals surface area (Å²) >= 11 is 1.67. The van der Waals surface area contributed by atoms with Gasteiger partial charge in [-0.2, -0.15) is 0 Å². The zero-order valence-electron chi connectivity index (χ0n) is 20.8. The summed E-state index contributed by atoms with van der Waals surface area (Å²) in [6, 6.07) is 9.98. The van der Waals surface area contributed by atoms with Crippen LogP contribution in [0.15, 0.2) is 35.1 Å². The van der Waals surface area contributed by atoms with Crippen molar-refractivity contribution in [3.8, 4) is 0 Å². The number of aromatic nitrogens is 2. The average molecular weight is 513 g/mol. The first-order valence-electron chi connectivity index (χ1n) is 13.0. The predicted molar refractivity (Wildman–Crippen MR) is 142 cm³/mol. The SMILES string of the molecule is O=c1[nH]c(CN(CCN2CCOCC2)CC(O)COCc2ccccc2)nc2sc3c(c12)CCCC3. The van der Waals surface area contributed by atoms with E-state index in [0.29, 0.717) is 25.5 Å². The zero-order chi connectivity index (χ0) is 24.7. The molecule has 9 heteroatoms. The van der Waals surface area contributed by atoms with Crippen LogP contribution in [0.25, 0.3) is 10.2 Å². The van der Waals surface area contributed by atoms with Gasteiger partial charge in [0.05, 0.1) is 44.5 Å². The number of hydrogen-bond donors (Lipinski definition) is 2. The van der Waals surface area contributed by atoms with E-state index in [0.717, 1.165) is 74.4 Å². The number of aliphatic hydroxyl groups is 1. The fourth-order valence-corrected chi connectivity index (χ4v) is 6.36. The zero-order valence-corrected chi connectivity index (χ0v) is 21.6. The van der Waals surface area contributed by atoms with E-state index < -0.39 is 6.10 Å². The van der Waals surface area contributed by atoms with Crippen molar-refractivity contribution < 1.29 is 14.6 Å². The average Bonchev–Trinajstić information content (AvgIpc) is 3.27. The van der Waals surface area contributed by atoms with E-state index in [1.807, 2.05) is 30.3 Å². The minimum Gasteiger partial charge on any atom is -0.389 e. The van der Waals surface area contributed by atoms with Gasteiger partial charge in [0.1, 0.15) is 10.7 Å². The van der Waals surface area contributed by atoms with Crippen LogP contribution in [0.4, 0.5) is 0 Å². The lowest BCUT2D eigenvalue weighted by Crippen LogP contribution is -2.43. The molecule has 2 N–H and O–H groups in total. The lowest BCUT2D eigenvalue weighted by Gasteiger charge is -2.30. The van der Waals surface area contributed by atoms with E-state index in [9.17, 15) is 9.90 Å². The summed E-state index contributed by atoms with van der Waals surface area (Å²) in [6.45, 7) is 6.63. The maximum Gasteiger partial charge on any atom is 0.259 e. The molecule has 1 saturated heterocycles. The fraction of sp³-hybridized carbons (Fsp3) is 0.556. The number of hydrogen-bond acceptors (Lipinski definition) is 8. The van der Waals surface area contributed by atoms with Gasteiger partial charge in [-0.3, -0.25) is 14.6 Å². The minimum atomic E-state index is -0.636. The quantitative estimate of drug-likeness (QED) is 0.408. The number of aromatic amines is 1.